The lowest BCUT2D eigenvalue weighted by molar-refractivity contribution is 0.0904. The Morgan fingerprint density at radius 3 is 2.72 bits per heavy atom. The Morgan fingerprint density at radius 1 is 1.33 bits per heavy atom. The maximum Gasteiger partial charge on any atom is 0.138 e. The van der Waals surface area contributed by atoms with Crippen LogP contribution in [0, 0.1) is 0 Å². The van der Waals surface area contributed by atoms with Crippen LogP contribution < -0.4 is 10.1 Å². The van der Waals surface area contributed by atoms with Gasteiger partial charge < -0.3 is 19.9 Å². The van der Waals surface area contributed by atoms with Gasteiger partial charge in [-0.1, -0.05) is 23.7 Å². The van der Waals surface area contributed by atoms with Crippen molar-refractivity contribution in [1.29, 1.82) is 0 Å². The molecule has 0 aromatic heterocycles. The van der Waals surface area contributed by atoms with Gasteiger partial charge in [-0.3, -0.25) is 0 Å². The molecule has 102 valence electrons. The molecule has 1 aromatic rings. The summed E-state index contributed by atoms with van der Waals surface area (Å²) < 4.78 is 10.5. The number of methoxy groups -OCH3 is 1. The minimum Gasteiger partial charge on any atom is -0.489 e. The second kappa shape index (κ2) is 8.32. The SMILES string of the molecule is COC(C)CNCC(O)COc1ccccc1Cl. The zero-order valence-electron chi connectivity index (χ0n) is 10.7. The smallest absolute Gasteiger partial charge is 0.138 e. The quantitative estimate of drug-likeness (QED) is 0.757. The van der Waals surface area contributed by atoms with E-state index in [-0.39, 0.29) is 12.7 Å². The Labute approximate surface area is 113 Å². The summed E-state index contributed by atoms with van der Waals surface area (Å²) in [5, 5.41) is 13.4. The number of halogens is 1. The summed E-state index contributed by atoms with van der Waals surface area (Å²) in [4.78, 5) is 0. The maximum absolute atomic E-state index is 9.72. The molecule has 0 saturated heterocycles. The number of para-hydroxylation sites is 1. The Morgan fingerprint density at radius 2 is 2.06 bits per heavy atom. The van der Waals surface area contributed by atoms with E-state index in [4.69, 9.17) is 21.1 Å². The molecule has 1 aromatic carbocycles. The normalized spacial score (nSPS) is 14.2. The molecule has 0 aliphatic carbocycles. The fraction of sp³-hybridized carbons (Fsp3) is 0.538. The first-order chi connectivity index (χ1) is 8.63. The zero-order chi connectivity index (χ0) is 13.4. The Hall–Kier alpha value is -0.810. The average Bonchev–Trinajstić information content (AvgIpc) is 2.37. The van der Waals surface area contributed by atoms with Crippen LogP contribution in [-0.2, 0) is 4.74 Å². The van der Waals surface area contributed by atoms with E-state index in [2.05, 4.69) is 5.32 Å². The largest absolute Gasteiger partial charge is 0.489 e. The van der Waals surface area contributed by atoms with Gasteiger partial charge in [-0.05, 0) is 19.1 Å². The van der Waals surface area contributed by atoms with Crippen molar-refractivity contribution < 1.29 is 14.6 Å². The van der Waals surface area contributed by atoms with Crippen LogP contribution in [0.3, 0.4) is 0 Å². The lowest BCUT2D eigenvalue weighted by Gasteiger charge is -2.15. The first-order valence-electron chi connectivity index (χ1n) is 5.92. The van der Waals surface area contributed by atoms with E-state index >= 15 is 0 Å². The van der Waals surface area contributed by atoms with E-state index in [0.717, 1.165) is 0 Å². The van der Waals surface area contributed by atoms with Gasteiger partial charge in [0, 0.05) is 20.2 Å². The van der Waals surface area contributed by atoms with E-state index in [0.29, 0.717) is 23.9 Å². The number of hydrogen-bond acceptors (Lipinski definition) is 4. The van der Waals surface area contributed by atoms with Crippen LogP contribution in [0.5, 0.6) is 5.75 Å². The van der Waals surface area contributed by atoms with Gasteiger partial charge >= 0.3 is 0 Å². The Balaban J connectivity index is 2.21. The van der Waals surface area contributed by atoms with Crippen LogP contribution >= 0.6 is 11.6 Å². The number of benzene rings is 1. The van der Waals surface area contributed by atoms with Crippen molar-refractivity contribution in [3.05, 3.63) is 29.3 Å². The molecule has 0 bridgehead atoms. The molecule has 5 heteroatoms. The molecule has 0 spiro atoms. The molecule has 18 heavy (non-hydrogen) atoms. The number of hydrogen-bond donors (Lipinski definition) is 2. The molecule has 0 fully saturated rings. The van der Waals surface area contributed by atoms with Gasteiger partial charge in [0.05, 0.1) is 11.1 Å². The van der Waals surface area contributed by atoms with Crippen LogP contribution in [0.15, 0.2) is 24.3 Å². The van der Waals surface area contributed by atoms with Crippen LogP contribution in [0.1, 0.15) is 6.92 Å². The van der Waals surface area contributed by atoms with Gasteiger partial charge in [0.2, 0.25) is 0 Å². The van der Waals surface area contributed by atoms with E-state index in [1.165, 1.54) is 0 Å². The maximum atomic E-state index is 9.72. The van der Waals surface area contributed by atoms with Crippen LogP contribution in [0.2, 0.25) is 5.02 Å². The lowest BCUT2D eigenvalue weighted by atomic mass is 10.3. The Bertz CT molecular complexity index is 349. The fourth-order valence-corrected chi connectivity index (χ4v) is 1.53. The molecule has 0 amide bonds. The molecule has 0 radical (unpaired) electrons. The number of aliphatic hydroxyl groups excluding tert-OH is 1. The van der Waals surface area contributed by atoms with Crippen molar-refractivity contribution in [2.24, 2.45) is 0 Å². The highest BCUT2D eigenvalue weighted by Crippen LogP contribution is 2.22. The molecular formula is C13H20ClNO3. The summed E-state index contributed by atoms with van der Waals surface area (Å²) in [6, 6.07) is 7.20. The van der Waals surface area contributed by atoms with Gasteiger partial charge in [-0.25, -0.2) is 0 Å². The second-order valence-corrected chi connectivity index (χ2v) is 4.51. The summed E-state index contributed by atoms with van der Waals surface area (Å²) in [7, 11) is 1.66. The zero-order valence-corrected chi connectivity index (χ0v) is 11.5. The summed E-state index contributed by atoms with van der Waals surface area (Å²) in [5.41, 5.74) is 0. The number of nitrogens with one attached hydrogen (secondary N) is 1. The van der Waals surface area contributed by atoms with Crippen molar-refractivity contribution in [3.63, 3.8) is 0 Å². The molecule has 0 aliphatic rings. The van der Waals surface area contributed by atoms with Crippen molar-refractivity contribution in [3.8, 4) is 5.75 Å². The van der Waals surface area contributed by atoms with Crippen LogP contribution in [0.4, 0.5) is 0 Å². The number of aliphatic hydroxyl groups is 1. The molecule has 0 heterocycles. The first-order valence-corrected chi connectivity index (χ1v) is 6.30. The summed E-state index contributed by atoms with van der Waals surface area (Å²) in [6.45, 7) is 3.32. The summed E-state index contributed by atoms with van der Waals surface area (Å²) in [5.74, 6) is 0.587. The van der Waals surface area contributed by atoms with E-state index in [1.807, 2.05) is 19.1 Å². The second-order valence-electron chi connectivity index (χ2n) is 4.10. The average molecular weight is 274 g/mol. The van der Waals surface area contributed by atoms with Crippen LogP contribution in [0.25, 0.3) is 0 Å². The highest BCUT2D eigenvalue weighted by atomic mass is 35.5. The van der Waals surface area contributed by atoms with Crippen molar-refractivity contribution in [2.45, 2.75) is 19.1 Å². The molecule has 1 rings (SSSR count). The molecule has 2 unspecified atom stereocenters. The fourth-order valence-electron chi connectivity index (χ4n) is 1.34. The standard InChI is InChI=1S/C13H20ClNO3/c1-10(17-2)7-15-8-11(16)9-18-13-6-4-3-5-12(13)14/h3-6,10-11,15-16H,7-9H2,1-2H3. The third-order valence-corrected chi connectivity index (χ3v) is 2.79. The van der Waals surface area contributed by atoms with E-state index < -0.39 is 6.10 Å². The molecule has 0 aliphatic heterocycles. The van der Waals surface area contributed by atoms with Gasteiger partial charge in [0.1, 0.15) is 18.5 Å². The molecule has 2 atom stereocenters. The first kappa shape index (κ1) is 15.2. The predicted molar refractivity (Wildman–Crippen MR) is 72.3 cm³/mol. The highest BCUT2D eigenvalue weighted by Gasteiger charge is 2.07. The van der Waals surface area contributed by atoms with E-state index in [1.54, 1.807) is 19.2 Å². The van der Waals surface area contributed by atoms with Gasteiger partial charge in [0.25, 0.3) is 0 Å². The number of ether oxygens (including phenoxy) is 2. The third-order valence-electron chi connectivity index (χ3n) is 2.48. The van der Waals surface area contributed by atoms with Gasteiger partial charge in [-0.2, -0.15) is 0 Å². The topological polar surface area (TPSA) is 50.7 Å². The van der Waals surface area contributed by atoms with Gasteiger partial charge in [-0.15, -0.1) is 0 Å². The van der Waals surface area contributed by atoms with Crippen molar-refractivity contribution in [1.82, 2.24) is 5.32 Å². The van der Waals surface area contributed by atoms with E-state index in [9.17, 15) is 5.11 Å². The molecular weight excluding hydrogens is 254 g/mol. The lowest BCUT2D eigenvalue weighted by Crippen LogP contribution is -2.35. The Kier molecular flexibility index (Phi) is 7.05. The minimum absolute atomic E-state index is 0.127. The molecule has 4 nitrogen and oxygen atoms in total. The third kappa shape index (κ3) is 5.69. The van der Waals surface area contributed by atoms with Crippen LogP contribution in [-0.4, -0.2) is 44.1 Å². The highest BCUT2D eigenvalue weighted by molar-refractivity contribution is 6.32. The van der Waals surface area contributed by atoms with Crippen molar-refractivity contribution >= 4 is 11.6 Å². The monoisotopic (exact) mass is 273 g/mol. The summed E-state index contributed by atoms with van der Waals surface area (Å²) >= 11 is 5.93. The predicted octanol–water partition coefficient (Wildman–Crippen LogP) is 1.70. The number of rotatable bonds is 8. The molecule has 0 saturated carbocycles. The van der Waals surface area contributed by atoms with Crippen molar-refractivity contribution in [2.75, 3.05) is 26.8 Å². The molecule has 2 N–H and O–H groups in total. The summed E-state index contributed by atoms with van der Waals surface area (Å²) in [6.07, 6.45) is -0.452. The minimum atomic E-state index is -0.578. The van der Waals surface area contributed by atoms with Gasteiger partial charge in [0.15, 0.2) is 0 Å².